The fourth-order valence-electron chi connectivity index (χ4n) is 3.13. The second-order valence-corrected chi connectivity index (χ2v) is 6.30. The molecule has 5 heteroatoms. The topological polar surface area (TPSA) is 60.5 Å². The molecule has 0 saturated heterocycles. The van der Waals surface area contributed by atoms with E-state index in [4.69, 9.17) is 9.47 Å². The van der Waals surface area contributed by atoms with Crippen molar-refractivity contribution in [1.82, 2.24) is 10.3 Å². The molecule has 4 rings (SSSR count). The lowest BCUT2D eigenvalue weighted by Crippen LogP contribution is -2.33. The van der Waals surface area contributed by atoms with Gasteiger partial charge in [-0.3, -0.25) is 9.78 Å². The second-order valence-electron chi connectivity index (χ2n) is 6.30. The highest BCUT2D eigenvalue weighted by Gasteiger charge is 2.15. The number of rotatable bonds is 4. The van der Waals surface area contributed by atoms with Gasteiger partial charge >= 0.3 is 0 Å². The number of benzene rings is 1. The van der Waals surface area contributed by atoms with Gasteiger partial charge in [-0.15, -0.1) is 0 Å². The molecule has 0 bridgehead atoms. The molecule has 0 saturated carbocycles. The summed E-state index contributed by atoms with van der Waals surface area (Å²) in [5.74, 6) is 0.823. The molecule has 1 unspecified atom stereocenters. The molecular formula is C20H20N2O3. The van der Waals surface area contributed by atoms with Crippen molar-refractivity contribution in [3.05, 3.63) is 60.1 Å². The molecule has 1 atom stereocenters. The van der Waals surface area contributed by atoms with E-state index in [0.29, 0.717) is 12.1 Å². The lowest BCUT2D eigenvalue weighted by Gasteiger charge is -2.19. The Bertz CT molecular complexity index is 816. The molecule has 1 aromatic carbocycles. The van der Waals surface area contributed by atoms with Crippen LogP contribution in [0.25, 0.3) is 11.1 Å². The van der Waals surface area contributed by atoms with Crippen LogP contribution in [0.1, 0.15) is 28.8 Å². The number of nitrogens with one attached hydrogen (secondary N) is 1. The standard InChI is InChI=1S/C20H20N2O3/c23-20(22-13-18-3-1-2-7-24-18)17-10-16(11-21-12-17)14-4-5-19-15(9-14)6-8-25-19/h2,4-5,7,9-12,18H,1,3,6,8,13H2,(H,22,23). The predicted molar refractivity (Wildman–Crippen MR) is 94.5 cm³/mol. The Kier molecular flexibility index (Phi) is 4.37. The molecule has 1 aromatic heterocycles. The highest BCUT2D eigenvalue weighted by atomic mass is 16.5. The normalized spacial score (nSPS) is 18.2. The fraction of sp³-hybridized carbons (Fsp3) is 0.300. The molecule has 2 aliphatic rings. The van der Waals surface area contributed by atoms with Crippen LogP contribution in [-0.2, 0) is 11.2 Å². The summed E-state index contributed by atoms with van der Waals surface area (Å²) in [7, 11) is 0. The molecule has 2 aliphatic heterocycles. The van der Waals surface area contributed by atoms with Crippen molar-refractivity contribution in [2.45, 2.75) is 25.4 Å². The summed E-state index contributed by atoms with van der Waals surface area (Å²) in [5, 5.41) is 2.93. The molecule has 0 radical (unpaired) electrons. The number of pyridine rings is 1. The highest BCUT2D eigenvalue weighted by molar-refractivity contribution is 5.95. The van der Waals surface area contributed by atoms with Crippen LogP contribution in [0.5, 0.6) is 5.75 Å². The minimum Gasteiger partial charge on any atom is -0.497 e. The fourth-order valence-corrected chi connectivity index (χ4v) is 3.13. The molecule has 5 nitrogen and oxygen atoms in total. The minimum atomic E-state index is -0.128. The van der Waals surface area contributed by atoms with E-state index >= 15 is 0 Å². The van der Waals surface area contributed by atoms with Crippen molar-refractivity contribution < 1.29 is 14.3 Å². The van der Waals surface area contributed by atoms with Gasteiger partial charge in [0.1, 0.15) is 11.9 Å². The van der Waals surface area contributed by atoms with Crippen molar-refractivity contribution in [3.8, 4) is 16.9 Å². The summed E-state index contributed by atoms with van der Waals surface area (Å²) in [6, 6.07) is 7.98. The van der Waals surface area contributed by atoms with Crippen LogP contribution >= 0.6 is 0 Å². The van der Waals surface area contributed by atoms with Crippen molar-refractivity contribution in [2.75, 3.05) is 13.2 Å². The summed E-state index contributed by atoms with van der Waals surface area (Å²) in [6.07, 6.45) is 9.95. The summed E-state index contributed by atoms with van der Waals surface area (Å²) in [5.41, 5.74) is 3.74. The van der Waals surface area contributed by atoms with Gasteiger partial charge in [0.15, 0.2) is 0 Å². The average Bonchev–Trinajstić information content (AvgIpc) is 3.15. The SMILES string of the molecule is O=C(NCC1CCC=CO1)c1cncc(-c2ccc3c(c2)CCO3)c1. The Morgan fingerprint density at radius 2 is 2.20 bits per heavy atom. The van der Waals surface area contributed by atoms with E-state index in [9.17, 15) is 4.79 Å². The van der Waals surface area contributed by atoms with Crippen LogP contribution in [0.2, 0.25) is 0 Å². The number of allylic oxidation sites excluding steroid dienone is 1. The van der Waals surface area contributed by atoms with E-state index in [0.717, 1.165) is 42.7 Å². The Hall–Kier alpha value is -2.82. The van der Waals surface area contributed by atoms with Crippen molar-refractivity contribution in [1.29, 1.82) is 0 Å². The monoisotopic (exact) mass is 336 g/mol. The van der Waals surface area contributed by atoms with Crippen LogP contribution in [0, 0.1) is 0 Å². The molecule has 2 aromatic rings. The highest BCUT2D eigenvalue weighted by Crippen LogP contribution is 2.30. The number of nitrogens with zero attached hydrogens (tertiary/aromatic N) is 1. The zero-order valence-electron chi connectivity index (χ0n) is 13.9. The zero-order chi connectivity index (χ0) is 17.1. The molecule has 3 heterocycles. The number of aromatic nitrogens is 1. The van der Waals surface area contributed by atoms with Gasteiger partial charge in [-0.2, -0.15) is 0 Å². The van der Waals surface area contributed by atoms with Gasteiger partial charge < -0.3 is 14.8 Å². The first kappa shape index (κ1) is 15.7. The van der Waals surface area contributed by atoms with Crippen molar-refractivity contribution >= 4 is 5.91 Å². The first-order chi connectivity index (χ1) is 12.3. The van der Waals surface area contributed by atoms with E-state index in [2.05, 4.69) is 16.4 Å². The largest absolute Gasteiger partial charge is 0.497 e. The van der Waals surface area contributed by atoms with Crippen molar-refractivity contribution in [2.24, 2.45) is 0 Å². The summed E-state index contributed by atoms with van der Waals surface area (Å²) < 4.78 is 11.0. The van der Waals surface area contributed by atoms with Crippen LogP contribution in [-0.4, -0.2) is 30.1 Å². The molecule has 0 spiro atoms. The smallest absolute Gasteiger partial charge is 0.252 e. The van der Waals surface area contributed by atoms with Gasteiger partial charge in [-0.05, 0) is 48.2 Å². The maximum atomic E-state index is 12.4. The van der Waals surface area contributed by atoms with E-state index < -0.39 is 0 Å². The molecular weight excluding hydrogens is 316 g/mol. The van der Waals surface area contributed by atoms with E-state index in [1.54, 1.807) is 18.7 Å². The van der Waals surface area contributed by atoms with Gasteiger partial charge in [-0.25, -0.2) is 0 Å². The van der Waals surface area contributed by atoms with Crippen molar-refractivity contribution in [3.63, 3.8) is 0 Å². The van der Waals surface area contributed by atoms with Gasteiger partial charge in [0, 0.05) is 24.4 Å². The quantitative estimate of drug-likeness (QED) is 0.932. The van der Waals surface area contributed by atoms with Gasteiger partial charge in [0.05, 0.1) is 25.0 Å². The van der Waals surface area contributed by atoms with Crippen LogP contribution in [0.4, 0.5) is 0 Å². The number of amides is 1. The number of hydrogen-bond acceptors (Lipinski definition) is 4. The third kappa shape index (κ3) is 3.50. The van der Waals surface area contributed by atoms with E-state index in [1.807, 2.05) is 24.3 Å². The van der Waals surface area contributed by atoms with Crippen LogP contribution in [0.3, 0.4) is 0 Å². The van der Waals surface area contributed by atoms with Crippen LogP contribution in [0.15, 0.2) is 49.0 Å². The number of carbonyl (C=O) groups is 1. The zero-order valence-corrected chi connectivity index (χ0v) is 13.9. The lowest BCUT2D eigenvalue weighted by molar-refractivity contribution is 0.0875. The van der Waals surface area contributed by atoms with Gasteiger partial charge in [-0.1, -0.05) is 6.07 Å². The first-order valence-corrected chi connectivity index (χ1v) is 8.59. The number of carbonyl (C=O) groups excluding carboxylic acids is 1. The Labute approximate surface area is 146 Å². The Balaban J connectivity index is 1.47. The van der Waals surface area contributed by atoms with Crippen LogP contribution < -0.4 is 10.1 Å². The minimum absolute atomic E-state index is 0.0433. The molecule has 25 heavy (non-hydrogen) atoms. The molecule has 0 fully saturated rings. The van der Waals surface area contributed by atoms with E-state index in [-0.39, 0.29) is 12.0 Å². The summed E-state index contributed by atoms with van der Waals surface area (Å²) >= 11 is 0. The van der Waals surface area contributed by atoms with Gasteiger partial charge in [0.25, 0.3) is 5.91 Å². The Morgan fingerprint density at radius 3 is 3.08 bits per heavy atom. The summed E-state index contributed by atoms with van der Waals surface area (Å²) in [4.78, 5) is 16.6. The third-order valence-electron chi connectivity index (χ3n) is 4.54. The van der Waals surface area contributed by atoms with E-state index in [1.165, 1.54) is 5.56 Å². The number of fused-ring (bicyclic) bond motifs is 1. The second kappa shape index (κ2) is 6.97. The molecule has 0 aliphatic carbocycles. The lowest BCUT2D eigenvalue weighted by atomic mass is 10.0. The molecule has 1 amide bonds. The summed E-state index contributed by atoms with van der Waals surface area (Å²) in [6.45, 7) is 1.24. The van der Waals surface area contributed by atoms with Gasteiger partial charge in [0.2, 0.25) is 0 Å². The molecule has 1 N–H and O–H groups in total. The molecule has 128 valence electrons. The third-order valence-corrected chi connectivity index (χ3v) is 4.54. The maximum Gasteiger partial charge on any atom is 0.252 e. The first-order valence-electron chi connectivity index (χ1n) is 8.59. The predicted octanol–water partition coefficient (Wildman–Crippen LogP) is 3.11. The number of hydrogen-bond donors (Lipinski definition) is 1. The maximum absolute atomic E-state index is 12.4. The Morgan fingerprint density at radius 1 is 1.24 bits per heavy atom. The number of ether oxygens (including phenoxy) is 2. The average molecular weight is 336 g/mol.